The molecule has 31 heavy (non-hydrogen) atoms. The molecule has 0 aliphatic carbocycles. The second kappa shape index (κ2) is 9.40. The molecule has 1 amide bonds. The number of ether oxygens (including phenoxy) is 2. The molecule has 1 aliphatic heterocycles. The fraction of sp³-hybridized carbons (Fsp3) is 0.364. The van der Waals surface area contributed by atoms with Crippen molar-refractivity contribution in [3.63, 3.8) is 0 Å². The van der Waals surface area contributed by atoms with Crippen LogP contribution in [0.4, 0.5) is 0 Å². The Morgan fingerprint density at radius 1 is 1.29 bits per heavy atom. The van der Waals surface area contributed by atoms with Crippen LogP contribution in [-0.4, -0.2) is 52.9 Å². The van der Waals surface area contributed by atoms with E-state index in [1.165, 1.54) is 23.2 Å². The predicted octanol–water partition coefficient (Wildman–Crippen LogP) is 3.30. The Hall–Kier alpha value is -3.04. The van der Waals surface area contributed by atoms with Crippen LogP contribution >= 0.6 is 11.3 Å². The lowest BCUT2D eigenvalue weighted by Crippen LogP contribution is -2.32. The van der Waals surface area contributed by atoms with Crippen molar-refractivity contribution in [1.82, 2.24) is 9.88 Å². The first kappa shape index (κ1) is 22.6. The third kappa shape index (κ3) is 4.67. The number of hydrogen-bond donors (Lipinski definition) is 1. The summed E-state index contributed by atoms with van der Waals surface area (Å²) >= 11 is 1.22. The summed E-state index contributed by atoms with van der Waals surface area (Å²) in [6.07, 6.45) is 0.524. The van der Waals surface area contributed by atoms with E-state index in [1.807, 2.05) is 0 Å². The Kier molecular flexibility index (Phi) is 6.87. The number of aliphatic hydroxyl groups excluding tert-OH is 1. The van der Waals surface area contributed by atoms with E-state index in [1.54, 1.807) is 45.2 Å². The van der Waals surface area contributed by atoms with Gasteiger partial charge in [-0.2, -0.15) is 0 Å². The summed E-state index contributed by atoms with van der Waals surface area (Å²) in [6.45, 7) is 5.49. The summed E-state index contributed by atoms with van der Waals surface area (Å²) in [7, 11) is 1.56. The summed E-state index contributed by atoms with van der Waals surface area (Å²) in [4.78, 5) is 43.8. The molecule has 0 spiro atoms. The Morgan fingerprint density at radius 3 is 2.65 bits per heavy atom. The van der Waals surface area contributed by atoms with Crippen LogP contribution in [-0.2, 0) is 14.3 Å². The Bertz CT molecular complexity index is 1060. The summed E-state index contributed by atoms with van der Waals surface area (Å²) in [6, 6.07) is 5.78. The number of aliphatic hydroxyl groups is 1. The van der Waals surface area contributed by atoms with Crippen molar-refractivity contribution in [2.75, 3.05) is 20.3 Å². The SMILES string of the molecule is COCCCN1C(=O)C(O)=C(C(=O)c2sc(C)nc2C)C1c1cccc(OC(C)=O)c1. The maximum absolute atomic E-state index is 13.4. The van der Waals surface area contributed by atoms with Crippen molar-refractivity contribution in [2.24, 2.45) is 0 Å². The van der Waals surface area contributed by atoms with Gasteiger partial charge in [0.15, 0.2) is 5.76 Å². The van der Waals surface area contributed by atoms with E-state index in [9.17, 15) is 19.5 Å². The van der Waals surface area contributed by atoms with Crippen molar-refractivity contribution < 1.29 is 29.0 Å². The number of benzene rings is 1. The first-order valence-corrected chi connectivity index (χ1v) is 10.6. The number of nitrogens with zero attached hydrogens (tertiary/aromatic N) is 2. The number of amides is 1. The third-order valence-corrected chi connectivity index (χ3v) is 5.91. The second-order valence-electron chi connectivity index (χ2n) is 7.15. The highest BCUT2D eigenvalue weighted by Crippen LogP contribution is 2.41. The second-order valence-corrected chi connectivity index (χ2v) is 8.36. The van der Waals surface area contributed by atoms with Gasteiger partial charge in [-0.15, -0.1) is 11.3 Å². The van der Waals surface area contributed by atoms with Gasteiger partial charge in [0.1, 0.15) is 5.75 Å². The monoisotopic (exact) mass is 444 g/mol. The van der Waals surface area contributed by atoms with E-state index in [0.29, 0.717) is 29.2 Å². The highest BCUT2D eigenvalue weighted by molar-refractivity contribution is 7.14. The number of aromatic nitrogens is 1. The first-order valence-electron chi connectivity index (χ1n) is 9.74. The van der Waals surface area contributed by atoms with Crippen LogP contribution in [0.25, 0.3) is 0 Å². The molecule has 164 valence electrons. The normalized spacial score (nSPS) is 16.2. The number of aryl methyl sites for hydroxylation is 2. The molecule has 2 aromatic rings. The lowest BCUT2D eigenvalue weighted by atomic mass is 9.95. The number of methoxy groups -OCH3 is 1. The first-order chi connectivity index (χ1) is 14.7. The number of carbonyl (C=O) groups is 3. The quantitative estimate of drug-likeness (QED) is 0.288. The molecule has 1 atom stereocenters. The lowest BCUT2D eigenvalue weighted by molar-refractivity contribution is -0.132. The minimum atomic E-state index is -0.825. The molecule has 0 radical (unpaired) electrons. The van der Waals surface area contributed by atoms with Gasteiger partial charge < -0.3 is 19.5 Å². The maximum Gasteiger partial charge on any atom is 0.308 e. The summed E-state index contributed by atoms with van der Waals surface area (Å²) in [5, 5.41) is 11.4. The molecule has 0 saturated heterocycles. The molecule has 1 unspecified atom stereocenters. The Morgan fingerprint density at radius 2 is 2.03 bits per heavy atom. The zero-order valence-corrected chi connectivity index (χ0v) is 18.6. The number of ketones is 1. The van der Waals surface area contributed by atoms with Gasteiger partial charge in [-0.3, -0.25) is 14.4 Å². The number of rotatable bonds is 8. The van der Waals surface area contributed by atoms with E-state index in [2.05, 4.69) is 4.98 Å². The average Bonchev–Trinajstić information content (AvgIpc) is 3.18. The number of hydrogen-bond acceptors (Lipinski definition) is 8. The van der Waals surface area contributed by atoms with E-state index < -0.39 is 29.5 Å². The molecule has 1 N–H and O–H groups in total. The molecule has 8 nitrogen and oxygen atoms in total. The van der Waals surface area contributed by atoms with Crippen LogP contribution in [0, 0.1) is 13.8 Å². The van der Waals surface area contributed by atoms with Gasteiger partial charge in [0, 0.05) is 27.2 Å². The van der Waals surface area contributed by atoms with Gasteiger partial charge in [-0.25, -0.2) is 4.98 Å². The minimum absolute atomic E-state index is 0.00542. The largest absolute Gasteiger partial charge is 0.503 e. The van der Waals surface area contributed by atoms with Crippen LogP contribution in [0.2, 0.25) is 0 Å². The zero-order valence-electron chi connectivity index (χ0n) is 17.8. The minimum Gasteiger partial charge on any atom is -0.503 e. The molecular formula is C22H24N2O6S. The Balaban J connectivity index is 2.08. The van der Waals surface area contributed by atoms with Gasteiger partial charge in [-0.1, -0.05) is 12.1 Å². The summed E-state index contributed by atoms with van der Waals surface area (Å²) in [5.74, 6) is -1.83. The van der Waals surface area contributed by atoms with Gasteiger partial charge in [-0.05, 0) is 38.0 Å². The molecule has 1 aromatic heterocycles. The average molecular weight is 445 g/mol. The number of carbonyl (C=O) groups excluding carboxylic acids is 3. The molecule has 1 aliphatic rings. The van der Waals surface area contributed by atoms with Gasteiger partial charge in [0.2, 0.25) is 5.78 Å². The fourth-order valence-corrected chi connectivity index (χ4v) is 4.49. The van der Waals surface area contributed by atoms with Crippen LogP contribution in [0.5, 0.6) is 5.75 Å². The zero-order chi connectivity index (χ0) is 22.7. The highest BCUT2D eigenvalue weighted by atomic mass is 32.1. The van der Waals surface area contributed by atoms with E-state index in [0.717, 1.165) is 5.01 Å². The topological polar surface area (TPSA) is 106 Å². The fourth-order valence-electron chi connectivity index (χ4n) is 3.62. The molecular weight excluding hydrogens is 420 g/mol. The van der Waals surface area contributed by atoms with E-state index in [4.69, 9.17) is 9.47 Å². The molecule has 1 aromatic carbocycles. The summed E-state index contributed by atoms with van der Waals surface area (Å²) in [5.41, 5.74) is 1.09. The standard InChI is InChI=1S/C22H24N2O6S/c1-12-21(31-13(2)23-12)19(26)17-18(15-7-5-8-16(11-15)30-14(3)25)24(9-6-10-29-4)22(28)20(17)27/h5,7-8,11,18,27H,6,9-10H2,1-4H3. The van der Waals surface area contributed by atoms with Crippen molar-refractivity contribution in [2.45, 2.75) is 33.2 Å². The maximum atomic E-state index is 13.4. The van der Waals surface area contributed by atoms with Crippen molar-refractivity contribution in [3.8, 4) is 5.75 Å². The number of Topliss-reactive ketones (excluding diaryl/α,β-unsaturated/α-hetero) is 1. The number of thiazole rings is 1. The smallest absolute Gasteiger partial charge is 0.308 e. The van der Waals surface area contributed by atoms with Crippen LogP contribution in [0.3, 0.4) is 0 Å². The lowest BCUT2D eigenvalue weighted by Gasteiger charge is -2.27. The van der Waals surface area contributed by atoms with Gasteiger partial charge in [0.25, 0.3) is 5.91 Å². The van der Waals surface area contributed by atoms with E-state index in [-0.39, 0.29) is 17.9 Å². The molecule has 0 bridgehead atoms. The van der Waals surface area contributed by atoms with Crippen LogP contribution < -0.4 is 4.74 Å². The number of esters is 1. The van der Waals surface area contributed by atoms with Crippen molar-refractivity contribution in [3.05, 3.63) is 56.7 Å². The molecule has 0 fully saturated rings. The van der Waals surface area contributed by atoms with Gasteiger partial charge in [0.05, 0.1) is 27.2 Å². The van der Waals surface area contributed by atoms with Crippen LogP contribution in [0.1, 0.15) is 45.3 Å². The van der Waals surface area contributed by atoms with Crippen molar-refractivity contribution in [1.29, 1.82) is 0 Å². The van der Waals surface area contributed by atoms with Crippen LogP contribution in [0.15, 0.2) is 35.6 Å². The van der Waals surface area contributed by atoms with Crippen molar-refractivity contribution >= 4 is 29.0 Å². The molecule has 0 saturated carbocycles. The third-order valence-electron chi connectivity index (χ3n) is 4.84. The summed E-state index contributed by atoms with van der Waals surface area (Å²) < 4.78 is 10.3. The predicted molar refractivity (Wildman–Crippen MR) is 114 cm³/mol. The molecule has 2 heterocycles. The van der Waals surface area contributed by atoms with Gasteiger partial charge >= 0.3 is 5.97 Å². The van der Waals surface area contributed by atoms with E-state index >= 15 is 0 Å². The highest BCUT2D eigenvalue weighted by Gasteiger charge is 2.44. The Labute approximate surface area is 184 Å². The molecule has 9 heteroatoms. The molecule has 3 rings (SSSR count).